The van der Waals surface area contributed by atoms with Crippen LogP contribution in [0.5, 0.6) is 0 Å². The molecule has 4 N–H and O–H groups in total. The second-order valence-corrected chi connectivity index (χ2v) is 4.99. The third-order valence-electron chi connectivity index (χ3n) is 3.52. The van der Waals surface area contributed by atoms with Crippen LogP contribution < -0.4 is 5.73 Å². The van der Waals surface area contributed by atoms with Crippen molar-refractivity contribution in [3.05, 3.63) is 35.4 Å². The van der Waals surface area contributed by atoms with Crippen LogP contribution in [0.3, 0.4) is 0 Å². The molecule has 19 heavy (non-hydrogen) atoms. The number of amidine groups is 1. The maximum absolute atomic E-state index is 9.20. The van der Waals surface area contributed by atoms with Gasteiger partial charge in [0.25, 0.3) is 0 Å². The lowest BCUT2D eigenvalue weighted by Gasteiger charge is -2.37. The zero-order valence-corrected chi connectivity index (χ0v) is 11.2. The molecule has 0 aromatic heterocycles. The van der Waals surface area contributed by atoms with Crippen LogP contribution in [0.2, 0.25) is 0 Å². The molecule has 1 saturated heterocycles. The molecular weight excluding hydrogens is 242 g/mol. The van der Waals surface area contributed by atoms with Gasteiger partial charge in [0.05, 0.1) is 19.3 Å². The number of hydrogen-bond acceptors (Lipinski definition) is 4. The number of morpholine rings is 1. The van der Waals surface area contributed by atoms with Crippen LogP contribution in [0.15, 0.2) is 24.3 Å². The molecule has 2 unspecified atom stereocenters. The second kappa shape index (κ2) is 6.14. The fourth-order valence-corrected chi connectivity index (χ4v) is 2.35. The highest BCUT2D eigenvalue weighted by atomic mass is 16.5. The molecule has 5 heteroatoms. The van der Waals surface area contributed by atoms with Gasteiger partial charge in [-0.15, -0.1) is 0 Å². The van der Waals surface area contributed by atoms with E-state index in [-0.39, 0.29) is 18.5 Å². The van der Waals surface area contributed by atoms with E-state index in [2.05, 4.69) is 11.8 Å². The summed E-state index contributed by atoms with van der Waals surface area (Å²) >= 11 is 0. The van der Waals surface area contributed by atoms with Gasteiger partial charge in [0, 0.05) is 24.7 Å². The fraction of sp³-hybridized carbons (Fsp3) is 0.500. The van der Waals surface area contributed by atoms with Gasteiger partial charge >= 0.3 is 0 Å². The van der Waals surface area contributed by atoms with Crippen molar-refractivity contribution in [1.29, 1.82) is 5.41 Å². The Morgan fingerprint density at radius 1 is 1.53 bits per heavy atom. The van der Waals surface area contributed by atoms with Crippen LogP contribution in [-0.4, -0.2) is 47.7 Å². The third kappa shape index (κ3) is 3.32. The monoisotopic (exact) mass is 263 g/mol. The number of aliphatic hydroxyl groups excluding tert-OH is 1. The summed E-state index contributed by atoms with van der Waals surface area (Å²) in [5.41, 5.74) is 7.43. The highest BCUT2D eigenvalue weighted by Crippen LogP contribution is 2.17. The summed E-state index contributed by atoms with van der Waals surface area (Å²) in [6.45, 7) is 4.18. The molecule has 0 saturated carbocycles. The molecule has 1 aliphatic rings. The van der Waals surface area contributed by atoms with E-state index >= 15 is 0 Å². The van der Waals surface area contributed by atoms with Gasteiger partial charge in [-0.1, -0.05) is 24.3 Å². The number of nitrogen functional groups attached to an aromatic ring is 1. The molecule has 0 aliphatic carbocycles. The molecule has 2 rings (SSSR count). The van der Waals surface area contributed by atoms with Crippen molar-refractivity contribution in [2.75, 3.05) is 19.8 Å². The Hall–Kier alpha value is -1.43. The largest absolute Gasteiger partial charge is 0.394 e. The van der Waals surface area contributed by atoms with Gasteiger partial charge in [0.15, 0.2) is 0 Å². The van der Waals surface area contributed by atoms with Crippen molar-refractivity contribution in [1.82, 2.24) is 4.90 Å². The van der Waals surface area contributed by atoms with Gasteiger partial charge in [-0.2, -0.15) is 0 Å². The maximum Gasteiger partial charge on any atom is 0.123 e. The zero-order valence-electron chi connectivity index (χ0n) is 11.2. The lowest BCUT2D eigenvalue weighted by Crippen LogP contribution is -2.49. The van der Waals surface area contributed by atoms with E-state index in [0.29, 0.717) is 19.2 Å². The highest BCUT2D eigenvalue weighted by molar-refractivity contribution is 5.96. The Morgan fingerprint density at radius 3 is 2.95 bits per heavy atom. The molecular formula is C14H21N3O2. The van der Waals surface area contributed by atoms with Crippen LogP contribution in [0.1, 0.15) is 18.1 Å². The minimum Gasteiger partial charge on any atom is -0.394 e. The van der Waals surface area contributed by atoms with Gasteiger partial charge in [0.2, 0.25) is 0 Å². The average molecular weight is 263 g/mol. The first-order valence-electron chi connectivity index (χ1n) is 6.50. The third-order valence-corrected chi connectivity index (χ3v) is 3.52. The summed E-state index contributed by atoms with van der Waals surface area (Å²) in [6, 6.07) is 8.00. The molecule has 0 spiro atoms. The maximum atomic E-state index is 9.20. The van der Waals surface area contributed by atoms with E-state index in [1.165, 1.54) is 0 Å². The Morgan fingerprint density at radius 2 is 2.26 bits per heavy atom. The quantitative estimate of drug-likeness (QED) is 0.547. The van der Waals surface area contributed by atoms with Crippen molar-refractivity contribution in [3.63, 3.8) is 0 Å². The Labute approximate surface area is 113 Å². The first-order chi connectivity index (χ1) is 9.11. The van der Waals surface area contributed by atoms with Crippen LogP contribution in [0.4, 0.5) is 0 Å². The molecule has 0 bridgehead atoms. The van der Waals surface area contributed by atoms with E-state index in [0.717, 1.165) is 17.7 Å². The average Bonchev–Trinajstić information content (AvgIpc) is 2.41. The van der Waals surface area contributed by atoms with Gasteiger partial charge in [-0.3, -0.25) is 10.3 Å². The number of hydrogen-bond donors (Lipinski definition) is 3. The van der Waals surface area contributed by atoms with Crippen molar-refractivity contribution in [3.8, 4) is 0 Å². The van der Waals surface area contributed by atoms with Crippen LogP contribution in [0, 0.1) is 5.41 Å². The van der Waals surface area contributed by atoms with Crippen LogP contribution in [-0.2, 0) is 11.3 Å². The summed E-state index contributed by atoms with van der Waals surface area (Å²) in [7, 11) is 0. The molecule has 104 valence electrons. The standard InChI is InChI=1S/C14H21N3O2/c1-10-9-19-12(8-18)7-17(10)6-11-4-2-3-5-13(11)14(15)16/h2-5,10,12,18H,6-9H2,1H3,(H3,15,16). The number of nitrogens with zero attached hydrogens (tertiary/aromatic N) is 1. The van der Waals surface area contributed by atoms with E-state index in [1.54, 1.807) is 0 Å². The number of benzene rings is 1. The molecule has 1 fully saturated rings. The molecule has 1 aromatic rings. The molecule has 5 nitrogen and oxygen atoms in total. The first kappa shape index (κ1) is 14.0. The Kier molecular flexibility index (Phi) is 4.52. The lowest BCUT2D eigenvalue weighted by atomic mass is 10.0. The van der Waals surface area contributed by atoms with Crippen molar-refractivity contribution in [2.45, 2.75) is 25.6 Å². The summed E-state index contributed by atoms with van der Waals surface area (Å²) in [5.74, 6) is 0.0928. The predicted molar refractivity (Wildman–Crippen MR) is 74.2 cm³/mol. The van der Waals surface area contributed by atoms with E-state index < -0.39 is 0 Å². The van der Waals surface area contributed by atoms with E-state index in [1.807, 2.05) is 24.3 Å². The number of nitrogens with two attached hydrogens (primary N) is 1. The number of nitrogens with one attached hydrogen (secondary N) is 1. The lowest BCUT2D eigenvalue weighted by molar-refractivity contribution is -0.0805. The Bertz CT molecular complexity index is 450. The van der Waals surface area contributed by atoms with Crippen molar-refractivity contribution >= 4 is 5.84 Å². The molecule has 1 aromatic carbocycles. The minimum atomic E-state index is -0.124. The summed E-state index contributed by atoms with van der Waals surface area (Å²) in [5, 5.41) is 16.8. The number of rotatable bonds is 4. The van der Waals surface area contributed by atoms with Gasteiger partial charge in [-0.05, 0) is 12.5 Å². The van der Waals surface area contributed by atoms with Crippen molar-refractivity contribution in [2.24, 2.45) is 5.73 Å². The van der Waals surface area contributed by atoms with Crippen LogP contribution in [0.25, 0.3) is 0 Å². The number of ether oxygens (including phenoxy) is 1. The summed E-state index contributed by atoms with van der Waals surface area (Å²) < 4.78 is 5.53. The molecule has 2 atom stereocenters. The van der Waals surface area contributed by atoms with E-state index in [9.17, 15) is 5.11 Å². The normalized spacial score (nSPS) is 24.3. The minimum absolute atomic E-state index is 0.0393. The fourth-order valence-electron chi connectivity index (χ4n) is 2.35. The van der Waals surface area contributed by atoms with Gasteiger partial charge < -0.3 is 15.6 Å². The molecule has 0 radical (unpaired) electrons. The number of aliphatic hydroxyl groups is 1. The van der Waals surface area contributed by atoms with Gasteiger partial charge in [0.1, 0.15) is 5.84 Å². The van der Waals surface area contributed by atoms with Crippen molar-refractivity contribution < 1.29 is 9.84 Å². The SMILES string of the molecule is CC1COC(CO)CN1Cc1ccccc1C(=N)N. The molecule has 1 aliphatic heterocycles. The summed E-state index contributed by atoms with van der Waals surface area (Å²) in [4.78, 5) is 2.26. The zero-order chi connectivity index (χ0) is 13.8. The predicted octanol–water partition coefficient (Wildman–Crippen LogP) is 0.552. The van der Waals surface area contributed by atoms with Crippen LogP contribution >= 0.6 is 0 Å². The van der Waals surface area contributed by atoms with E-state index in [4.69, 9.17) is 15.9 Å². The Balaban J connectivity index is 2.13. The highest BCUT2D eigenvalue weighted by Gasteiger charge is 2.26. The smallest absolute Gasteiger partial charge is 0.123 e. The second-order valence-electron chi connectivity index (χ2n) is 4.99. The van der Waals surface area contributed by atoms with Gasteiger partial charge in [-0.25, -0.2) is 0 Å². The topological polar surface area (TPSA) is 82.6 Å². The molecule has 1 heterocycles. The molecule has 0 amide bonds. The first-order valence-corrected chi connectivity index (χ1v) is 6.50. The summed E-state index contributed by atoms with van der Waals surface area (Å²) in [6.07, 6.45) is -0.124.